The van der Waals surface area contributed by atoms with Crippen LogP contribution < -0.4 is 5.56 Å². The summed E-state index contributed by atoms with van der Waals surface area (Å²) in [4.78, 5) is 21.8. The van der Waals surface area contributed by atoms with Gasteiger partial charge in [-0.15, -0.1) is 0 Å². The Bertz CT molecular complexity index is 711. The fourth-order valence-corrected chi connectivity index (χ4v) is 2.83. The predicted octanol–water partition coefficient (Wildman–Crippen LogP) is 1.58. The van der Waals surface area contributed by atoms with E-state index in [1.54, 1.807) is 6.07 Å². The third kappa shape index (κ3) is 2.99. The Morgan fingerprint density at radius 2 is 2.10 bits per heavy atom. The molecule has 1 aromatic heterocycles. The molecule has 0 saturated carbocycles. The zero-order chi connectivity index (χ0) is 15.0. The maximum absolute atomic E-state index is 12.1. The number of H-pyrrole nitrogens is 1. The lowest BCUT2D eigenvalue weighted by molar-refractivity contribution is -0.00787. The minimum Gasteiger partial charge on any atom is -0.390 e. The summed E-state index contributed by atoms with van der Waals surface area (Å²) in [5, 5.41) is 10.6. The van der Waals surface area contributed by atoms with Gasteiger partial charge in [-0.2, -0.15) is 0 Å². The van der Waals surface area contributed by atoms with Crippen LogP contribution in [0.2, 0.25) is 0 Å². The molecule has 0 spiro atoms. The highest BCUT2D eigenvalue weighted by Crippen LogP contribution is 2.22. The molecule has 1 saturated heterocycles. The van der Waals surface area contributed by atoms with Crippen molar-refractivity contribution < 1.29 is 5.11 Å². The standard InChI is InChI=1S/C16H21N3O2/c1-11-4-3-5-12-14(11)17-13(18-15(12)20)10-19-8-6-16(2,21)7-9-19/h3-5,21H,6-10H2,1-2H3,(H,17,18,20). The number of likely N-dealkylation sites (tertiary alicyclic amines) is 1. The number of nitrogens with one attached hydrogen (secondary N) is 1. The molecule has 5 nitrogen and oxygen atoms in total. The molecule has 0 amide bonds. The molecule has 21 heavy (non-hydrogen) atoms. The lowest BCUT2D eigenvalue weighted by atomic mass is 9.94. The molecule has 0 radical (unpaired) electrons. The Morgan fingerprint density at radius 3 is 2.81 bits per heavy atom. The number of aromatic nitrogens is 2. The number of aliphatic hydroxyl groups is 1. The number of aryl methyl sites for hydroxylation is 1. The van der Waals surface area contributed by atoms with Crippen LogP contribution in [0.15, 0.2) is 23.0 Å². The van der Waals surface area contributed by atoms with E-state index in [0.29, 0.717) is 17.8 Å². The van der Waals surface area contributed by atoms with E-state index in [-0.39, 0.29) is 5.56 Å². The number of fused-ring (bicyclic) bond motifs is 1. The van der Waals surface area contributed by atoms with Crippen LogP contribution in [0.1, 0.15) is 31.2 Å². The van der Waals surface area contributed by atoms with Crippen molar-refractivity contribution in [2.24, 2.45) is 0 Å². The van der Waals surface area contributed by atoms with Gasteiger partial charge in [-0.3, -0.25) is 9.69 Å². The molecule has 0 unspecified atom stereocenters. The predicted molar refractivity (Wildman–Crippen MR) is 82.2 cm³/mol. The van der Waals surface area contributed by atoms with E-state index in [2.05, 4.69) is 14.9 Å². The summed E-state index contributed by atoms with van der Waals surface area (Å²) in [6.45, 7) is 6.11. The quantitative estimate of drug-likeness (QED) is 0.880. The Kier molecular flexibility index (Phi) is 3.55. The van der Waals surface area contributed by atoms with Gasteiger partial charge in [-0.1, -0.05) is 12.1 Å². The molecule has 0 aliphatic carbocycles. The third-order valence-electron chi connectivity index (χ3n) is 4.29. The first-order chi connectivity index (χ1) is 9.94. The normalized spacial score (nSPS) is 19.0. The maximum atomic E-state index is 12.1. The fourth-order valence-electron chi connectivity index (χ4n) is 2.83. The first-order valence-corrected chi connectivity index (χ1v) is 7.38. The van der Waals surface area contributed by atoms with Crippen molar-refractivity contribution in [2.75, 3.05) is 13.1 Å². The van der Waals surface area contributed by atoms with Crippen molar-refractivity contribution in [2.45, 2.75) is 38.8 Å². The summed E-state index contributed by atoms with van der Waals surface area (Å²) in [7, 11) is 0. The second kappa shape index (κ2) is 5.24. The summed E-state index contributed by atoms with van der Waals surface area (Å²) < 4.78 is 0. The van der Waals surface area contributed by atoms with Crippen molar-refractivity contribution in [3.8, 4) is 0 Å². The zero-order valence-electron chi connectivity index (χ0n) is 12.5. The van der Waals surface area contributed by atoms with Gasteiger partial charge < -0.3 is 10.1 Å². The Labute approximate surface area is 123 Å². The molecule has 1 aliphatic heterocycles. The molecule has 5 heteroatoms. The van der Waals surface area contributed by atoms with Crippen LogP contribution in [0.5, 0.6) is 0 Å². The molecule has 0 atom stereocenters. The number of piperidine rings is 1. The van der Waals surface area contributed by atoms with Gasteiger partial charge in [-0.05, 0) is 38.3 Å². The van der Waals surface area contributed by atoms with Crippen molar-refractivity contribution in [1.82, 2.24) is 14.9 Å². The molecule has 2 aromatic rings. The maximum Gasteiger partial charge on any atom is 0.258 e. The SMILES string of the molecule is Cc1cccc2c(=O)[nH]c(CN3CCC(C)(O)CC3)nc12. The molecule has 1 aliphatic rings. The van der Waals surface area contributed by atoms with Gasteiger partial charge in [0.2, 0.25) is 0 Å². The Morgan fingerprint density at radius 1 is 1.38 bits per heavy atom. The summed E-state index contributed by atoms with van der Waals surface area (Å²) in [6, 6.07) is 5.65. The van der Waals surface area contributed by atoms with Crippen molar-refractivity contribution in [3.05, 3.63) is 39.9 Å². The number of rotatable bonds is 2. The lowest BCUT2D eigenvalue weighted by Crippen LogP contribution is -2.42. The van der Waals surface area contributed by atoms with Crippen LogP contribution in [0.3, 0.4) is 0 Å². The summed E-state index contributed by atoms with van der Waals surface area (Å²) >= 11 is 0. The first kappa shape index (κ1) is 14.2. The number of aromatic amines is 1. The van der Waals surface area contributed by atoms with Gasteiger partial charge in [0.15, 0.2) is 0 Å². The average molecular weight is 287 g/mol. The first-order valence-electron chi connectivity index (χ1n) is 7.38. The number of hydrogen-bond acceptors (Lipinski definition) is 4. The van der Waals surface area contributed by atoms with Crippen molar-refractivity contribution in [1.29, 1.82) is 0 Å². The highest BCUT2D eigenvalue weighted by atomic mass is 16.3. The van der Waals surface area contributed by atoms with E-state index in [9.17, 15) is 9.90 Å². The van der Waals surface area contributed by atoms with E-state index >= 15 is 0 Å². The second-order valence-electron chi connectivity index (χ2n) is 6.26. The average Bonchev–Trinajstić information content (AvgIpc) is 2.43. The number of para-hydroxylation sites is 1. The van der Waals surface area contributed by atoms with Crippen LogP contribution in [-0.2, 0) is 6.54 Å². The summed E-state index contributed by atoms with van der Waals surface area (Å²) in [5.74, 6) is 0.698. The Hall–Kier alpha value is -1.72. The van der Waals surface area contributed by atoms with Gasteiger partial charge >= 0.3 is 0 Å². The third-order valence-corrected chi connectivity index (χ3v) is 4.29. The molecule has 2 heterocycles. The van der Waals surface area contributed by atoms with E-state index in [4.69, 9.17) is 0 Å². The minimum absolute atomic E-state index is 0.0808. The van der Waals surface area contributed by atoms with E-state index in [0.717, 1.165) is 37.0 Å². The lowest BCUT2D eigenvalue weighted by Gasteiger charge is -2.35. The molecule has 1 aromatic carbocycles. The van der Waals surface area contributed by atoms with Crippen LogP contribution in [-0.4, -0.2) is 38.7 Å². The Balaban J connectivity index is 1.85. The zero-order valence-corrected chi connectivity index (χ0v) is 12.5. The molecule has 1 fully saturated rings. The largest absolute Gasteiger partial charge is 0.390 e. The van der Waals surface area contributed by atoms with Crippen LogP contribution in [0, 0.1) is 6.92 Å². The molecule has 112 valence electrons. The van der Waals surface area contributed by atoms with Crippen LogP contribution in [0.4, 0.5) is 0 Å². The van der Waals surface area contributed by atoms with Gasteiger partial charge in [0, 0.05) is 13.1 Å². The molecule has 2 N–H and O–H groups in total. The van der Waals surface area contributed by atoms with Crippen molar-refractivity contribution in [3.63, 3.8) is 0 Å². The monoisotopic (exact) mass is 287 g/mol. The number of nitrogens with zero attached hydrogens (tertiary/aromatic N) is 2. The topological polar surface area (TPSA) is 69.2 Å². The molecule has 0 bridgehead atoms. The highest BCUT2D eigenvalue weighted by molar-refractivity contribution is 5.80. The van der Waals surface area contributed by atoms with Gasteiger partial charge in [0.25, 0.3) is 5.56 Å². The second-order valence-corrected chi connectivity index (χ2v) is 6.26. The van der Waals surface area contributed by atoms with Crippen LogP contribution >= 0.6 is 0 Å². The minimum atomic E-state index is -0.558. The van der Waals surface area contributed by atoms with Gasteiger partial charge in [0.05, 0.1) is 23.0 Å². The summed E-state index contributed by atoms with van der Waals surface area (Å²) in [5.41, 5.74) is 1.15. The number of benzene rings is 1. The fraction of sp³-hybridized carbons (Fsp3) is 0.500. The highest BCUT2D eigenvalue weighted by Gasteiger charge is 2.27. The van der Waals surface area contributed by atoms with E-state index < -0.39 is 5.60 Å². The van der Waals surface area contributed by atoms with Gasteiger partial charge in [-0.25, -0.2) is 4.98 Å². The smallest absolute Gasteiger partial charge is 0.258 e. The van der Waals surface area contributed by atoms with E-state index in [1.165, 1.54) is 0 Å². The van der Waals surface area contributed by atoms with Gasteiger partial charge in [0.1, 0.15) is 5.82 Å². The van der Waals surface area contributed by atoms with Crippen LogP contribution in [0.25, 0.3) is 10.9 Å². The molecule has 3 rings (SSSR count). The number of hydrogen-bond donors (Lipinski definition) is 2. The molecular formula is C16H21N3O2. The van der Waals surface area contributed by atoms with E-state index in [1.807, 2.05) is 26.0 Å². The summed E-state index contributed by atoms with van der Waals surface area (Å²) in [6.07, 6.45) is 1.51. The van der Waals surface area contributed by atoms with Crippen molar-refractivity contribution >= 4 is 10.9 Å². The molecular weight excluding hydrogens is 266 g/mol.